The van der Waals surface area contributed by atoms with Gasteiger partial charge in [-0.2, -0.15) is 0 Å². The summed E-state index contributed by atoms with van der Waals surface area (Å²) in [6, 6.07) is 1.62. The van der Waals surface area contributed by atoms with Crippen molar-refractivity contribution in [2.45, 2.75) is 19.4 Å². The van der Waals surface area contributed by atoms with Gasteiger partial charge in [0.25, 0.3) is 0 Å². The van der Waals surface area contributed by atoms with Crippen LogP contribution in [0.4, 0.5) is 11.5 Å². The van der Waals surface area contributed by atoms with Crippen LogP contribution < -0.4 is 10.6 Å². The number of pyridine rings is 1. The fourth-order valence-corrected chi connectivity index (χ4v) is 1.96. The van der Waals surface area contributed by atoms with E-state index in [1.54, 1.807) is 13.0 Å². The molecule has 0 radical (unpaired) electrons. The van der Waals surface area contributed by atoms with Crippen molar-refractivity contribution in [3.8, 4) is 0 Å². The maximum absolute atomic E-state index is 11.7. The van der Waals surface area contributed by atoms with Crippen LogP contribution in [0.25, 0.3) is 0 Å². The monoisotopic (exact) mass is 251 g/mol. The molecule has 1 aromatic rings. The number of carbonyl (C=O) groups excluding carboxylic acids is 1. The van der Waals surface area contributed by atoms with Gasteiger partial charge in [0.2, 0.25) is 0 Å². The number of β-amino-alcohol motifs (C(OH)–C–C–N with tert-alkyl or cyclic N) is 1. The van der Waals surface area contributed by atoms with Crippen LogP contribution in [0.1, 0.15) is 23.7 Å². The van der Waals surface area contributed by atoms with Gasteiger partial charge in [0, 0.05) is 13.1 Å². The summed E-state index contributed by atoms with van der Waals surface area (Å²) >= 11 is 0. The van der Waals surface area contributed by atoms with Crippen molar-refractivity contribution in [2.24, 2.45) is 0 Å². The second kappa shape index (κ2) is 5.22. The summed E-state index contributed by atoms with van der Waals surface area (Å²) in [6.07, 6.45) is 1.82. The molecule has 1 atom stereocenters. The lowest BCUT2D eigenvalue weighted by atomic mass is 10.2. The molecule has 0 aliphatic carbocycles. The van der Waals surface area contributed by atoms with Gasteiger partial charge in [0.15, 0.2) is 0 Å². The lowest BCUT2D eigenvalue weighted by molar-refractivity contribution is 0.0527. The number of aromatic nitrogens is 1. The zero-order valence-corrected chi connectivity index (χ0v) is 10.3. The number of hydrogen-bond donors (Lipinski definition) is 2. The molecule has 0 bridgehead atoms. The summed E-state index contributed by atoms with van der Waals surface area (Å²) in [5.74, 6) is 0.196. The van der Waals surface area contributed by atoms with Crippen molar-refractivity contribution in [3.05, 3.63) is 17.8 Å². The molecule has 0 spiro atoms. The van der Waals surface area contributed by atoms with Gasteiger partial charge in [-0.25, -0.2) is 9.78 Å². The van der Waals surface area contributed by atoms with Crippen molar-refractivity contribution >= 4 is 17.5 Å². The molecule has 1 aliphatic rings. The van der Waals surface area contributed by atoms with Crippen LogP contribution in [-0.4, -0.2) is 41.9 Å². The van der Waals surface area contributed by atoms with E-state index in [9.17, 15) is 9.90 Å². The number of hydrogen-bond acceptors (Lipinski definition) is 6. The third-order valence-corrected chi connectivity index (χ3v) is 2.90. The maximum Gasteiger partial charge on any atom is 0.340 e. The van der Waals surface area contributed by atoms with Gasteiger partial charge >= 0.3 is 5.97 Å². The second-order valence-corrected chi connectivity index (χ2v) is 4.24. The summed E-state index contributed by atoms with van der Waals surface area (Å²) in [5, 5.41) is 9.49. The summed E-state index contributed by atoms with van der Waals surface area (Å²) in [5.41, 5.74) is 6.34. The first-order valence-electron chi connectivity index (χ1n) is 5.97. The van der Waals surface area contributed by atoms with Gasteiger partial charge in [-0.15, -0.1) is 0 Å². The lowest BCUT2D eigenvalue weighted by Crippen LogP contribution is -2.23. The van der Waals surface area contributed by atoms with E-state index >= 15 is 0 Å². The number of nitrogens with two attached hydrogens (primary N) is 1. The molecule has 18 heavy (non-hydrogen) atoms. The molecule has 1 aliphatic heterocycles. The van der Waals surface area contributed by atoms with E-state index in [4.69, 9.17) is 10.5 Å². The Bertz CT molecular complexity index is 450. The summed E-state index contributed by atoms with van der Waals surface area (Å²) < 4.78 is 4.93. The number of nitrogens with zero attached hydrogens (tertiary/aromatic N) is 2. The highest BCUT2D eigenvalue weighted by Crippen LogP contribution is 2.22. The summed E-state index contributed by atoms with van der Waals surface area (Å²) in [7, 11) is 0. The topological polar surface area (TPSA) is 88.7 Å². The SMILES string of the molecule is CCOC(=O)c1cc(N2CCC(O)C2)ncc1N. The zero-order chi connectivity index (χ0) is 13.1. The van der Waals surface area contributed by atoms with E-state index in [2.05, 4.69) is 4.98 Å². The molecule has 2 heterocycles. The molecular weight excluding hydrogens is 234 g/mol. The number of aliphatic hydroxyl groups excluding tert-OH is 1. The Morgan fingerprint density at radius 1 is 1.72 bits per heavy atom. The molecule has 98 valence electrons. The van der Waals surface area contributed by atoms with Gasteiger partial charge in [-0.3, -0.25) is 0 Å². The number of esters is 1. The van der Waals surface area contributed by atoms with Crippen molar-refractivity contribution in [1.82, 2.24) is 4.98 Å². The van der Waals surface area contributed by atoms with E-state index in [-0.39, 0.29) is 6.10 Å². The molecule has 6 nitrogen and oxygen atoms in total. The predicted octanol–water partition coefficient (Wildman–Crippen LogP) is 0.411. The van der Waals surface area contributed by atoms with Crippen LogP contribution in [-0.2, 0) is 4.74 Å². The highest BCUT2D eigenvalue weighted by atomic mass is 16.5. The average Bonchev–Trinajstić information content (AvgIpc) is 2.77. The Morgan fingerprint density at radius 3 is 3.11 bits per heavy atom. The minimum atomic E-state index is -0.446. The third-order valence-electron chi connectivity index (χ3n) is 2.90. The number of carbonyl (C=O) groups is 1. The number of anilines is 2. The van der Waals surface area contributed by atoms with Crippen LogP contribution in [0, 0.1) is 0 Å². The summed E-state index contributed by atoms with van der Waals surface area (Å²) in [4.78, 5) is 17.8. The van der Waals surface area contributed by atoms with Crippen LogP contribution >= 0.6 is 0 Å². The standard InChI is InChI=1S/C12H17N3O3/c1-2-18-12(17)9-5-11(14-6-10(9)13)15-4-3-8(16)7-15/h5-6,8,16H,2-4,7,13H2,1H3. The molecule has 1 fully saturated rings. The Labute approximate surface area is 105 Å². The van der Waals surface area contributed by atoms with Crippen LogP contribution in [0.15, 0.2) is 12.3 Å². The van der Waals surface area contributed by atoms with Crippen molar-refractivity contribution in [2.75, 3.05) is 30.3 Å². The first-order valence-corrected chi connectivity index (χ1v) is 5.97. The van der Waals surface area contributed by atoms with E-state index in [1.165, 1.54) is 6.20 Å². The predicted molar refractivity (Wildman–Crippen MR) is 67.4 cm³/mol. The lowest BCUT2D eigenvalue weighted by Gasteiger charge is -2.17. The van der Waals surface area contributed by atoms with Gasteiger partial charge in [-0.1, -0.05) is 0 Å². The number of nitrogen functional groups attached to an aromatic ring is 1. The number of aliphatic hydroxyl groups is 1. The Morgan fingerprint density at radius 2 is 2.50 bits per heavy atom. The van der Waals surface area contributed by atoms with Crippen LogP contribution in [0.3, 0.4) is 0 Å². The molecule has 2 rings (SSSR count). The van der Waals surface area contributed by atoms with Crippen LogP contribution in [0.5, 0.6) is 0 Å². The highest BCUT2D eigenvalue weighted by molar-refractivity contribution is 5.95. The quantitative estimate of drug-likeness (QED) is 0.756. The van der Waals surface area contributed by atoms with E-state index in [1.807, 2.05) is 4.90 Å². The first-order chi connectivity index (χ1) is 8.61. The Kier molecular flexibility index (Phi) is 3.66. The largest absolute Gasteiger partial charge is 0.462 e. The zero-order valence-electron chi connectivity index (χ0n) is 10.3. The molecule has 0 aromatic carbocycles. The molecule has 3 N–H and O–H groups in total. The van der Waals surface area contributed by atoms with Crippen molar-refractivity contribution < 1.29 is 14.6 Å². The minimum absolute atomic E-state index is 0.303. The van der Waals surface area contributed by atoms with Crippen molar-refractivity contribution in [3.63, 3.8) is 0 Å². The molecular formula is C12H17N3O3. The van der Waals surface area contributed by atoms with E-state index in [0.29, 0.717) is 36.6 Å². The van der Waals surface area contributed by atoms with Gasteiger partial charge in [-0.05, 0) is 19.4 Å². The first kappa shape index (κ1) is 12.6. The maximum atomic E-state index is 11.7. The fraction of sp³-hybridized carbons (Fsp3) is 0.500. The van der Waals surface area contributed by atoms with Crippen LogP contribution in [0.2, 0.25) is 0 Å². The molecule has 6 heteroatoms. The van der Waals surface area contributed by atoms with Crippen molar-refractivity contribution in [1.29, 1.82) is 0 Å². The molecule has 1 saturated heterocycles. The normalized spacial score (nSPS) is 19.0. The third kappa shape index (κ3) is 2.53. The second-order valence-electron chi connectivity index (χ2n) is 4.24. The smallest absolute Gasteiger partial charge is 0.340 e. The molecule has 1 unspecified atom stereocenters. The molecule has 1 aromatic heterocycles. The Hall–Kier alpha value is -1.82. The van der Waals surface area contributed by atoms with Gasteiger partial charge in [0.05, 0.1) is 30.2 Å². The fourth-order valence-electron chi connectivity index (χ4n) is 1.96. The molecule has 0 saturated carbocycles. The molecule has 0 amide bonds. The summed E-state index contributed by atoms with van der Waals surface area (Å²) in [6.45, 7) is 3.30. The minimum Gasteiger partial charge on any atom is -0.462 e. The number of rotatable bonds is 3. The van der Waals surface area contributed by atoms with Gasteiger partial charge < -0.3 is 20.5 Å². The highest BCUT2D eigenvalue weighted by Gasteiger charge is 2.23. The average molecular weight is 251 g/mol. The van der Waals surface area contributed by atoms with E-state index < -0.39 is 5.97 Å². The number of ether oxygens (including phenoxy) is 1. The Balaban J connectivity index is 2.23. The van der Waals surface area contributed by atoms with Gasteiger partial charge in [0.1, 0.15) is 5.82 Å². The van der Waals surface area contributed by atoms with E-state index in [0.717, 1.165) is 6.54 Å².